The highest BCUT2D eigenvalue weighted by Gasteiger charge is 2.34. The zero-order valence-electron chi connectivity index (χ0n) is 43.7. The van der Waals surface area contributed by atoms with E-state index in [-0.39, 0.29) is 47.8 Å². The van der Waals surface area contributed by atoms with E-state index in [9.17, 15) is 19.2 Å². The van der Waals surface area contributed by atoms with E-state index in [4.69, 9.17) is 0 Å². The Morgan fingerprint density at radius 2 is 0.474 bits per heavy atom. The molecule has 0 radical (unpaired) electrons. The Morgan fingerprint density at radius 1 is 0.276 bits per heavy atom. The van der Waals surface area contributed by atoms with Crippen molar-refractivity contribution in [2.75, 3.05) is 0 Å². The highest BCUT2D eigenvalue weighted by molar-refractivity contribution is 5.85. The lowest BCUT2D eigenvalue weighted by Crippen LogP contribution is -2.59. The summed E-state index contributed by atoms with van der Waals surface area (Å²) in [5.74, 6) is -0.349. The van der Waals surface area contributed by atoms with Crippen LogP contribution in [0.5, 0.6) is 0 Å². The maximum Gasteiger partial charge on any atom is 0.237 e. The zero-order chi connectivity index (χ0) is 52.3. The van der Waals surface area contributed by atoms with Crippen molar-refractivity contribution in [3.63, 3.8) is 0 Å². The van der Waals surface area contributed by atoms with Crippen LogP contribution < -0.4 is 42.5 Å². The number of nitrogens with one attached hydrogen (secondary N) is 8. The predicted octanol–water partition coefficient (Wildman–Crippen LogP) is 7.29. The summed E-state index contributed by atoms with van der Waals surface area (Å²) in [6.07, 6.45) is 8.97. The lowest BCUT2D eigenvalue weighted by atomic mass is 9.89. The Balaban J connectivity index is 0.975. The van der Waals surface area contributed by atoms with E-state index >= 15 is 0 Å². The van der Waals surface area contributed by atoms with Crippen molar-refractivity contribution in [1.82, 2.24) is 42.5 Å². The van der Waals surface area contributed by atoms with Crippen LogP contribution in [-0.4, -0.2) is 72.0 Å². The second kappa shape index (κ2) is 27.7. The van der Waals surface area contributed by atoms with Crippen LogP contribution in [0.3, 0.4) is 0 Å². The molecule has 2 aliphatic carbocycles. The molecule has 12 nitrogen and oxygen atoms in total. The molecule has 396 valence electrons. The SMILES string of the molecule is O=C1NC2CCCCC2NC(=O)C(Cc2ccccc2)NCc2ccc(cc2)CNC(Cc2ccccc2)C(=O)NC2CCCCC2NC(=O)C(Cc2ccccc2)NCc2ccc(cc2)CNC1Cc1ccccc1. The monoisotopic (exact) mass is 1020 g/mol. The van der Waals surface area contributed by atoms with Crippen LogP contribution >= 0.6 is 0 Å². The lowest BCUT2D eigenvalue weighted by molar-refractivity contribution is -0.127. The van der Waals surface area contributed by atoms with Gasteiger partial charge in [0.05, 0.1) is 24.2 Å². The minimum Gasteiger partial charge on any atom is -0.350 e. The maximum atomic E-state index is 14.5. The molecule has 6 aromatic rings. The number of hydrogen-bond acceptors (Lipinski definition) is 8. The Labute approximate surface area is 449 Å². The first kappa shape index (κ1) is 53.9. The van der Waals surface area contributed by atoms with Gasteiger partial charge in [0.25, 0.3) is 0 Å². The Hall–Kier alpha value is -6.96. The van der Waals surface area contributed by atoms with E-state index in [2.05, 4.69) is 140 Å². The number of carbonyl (C=O) groups excluding carboxylic acids is 4. The van der Waals surface area contributed by atoms with Gasteiger partial charge >= 0.3 is 0 Å². The summed E-state index contributed by atoms with van der Waals surface area (Å²) in [7, 11) is 0. The van der Waals surface area contributed by atoms with Gasteiger partial charge in [-0.15, -0.1) is 0 Å². The minimum atomic E-state index is -0.518. The highest BCUT2D eigenvalue weighted by atomic mass is 16.2. The average Bonchev–Trinajstić information content (AvgIpc) is 3.45. The Bertz CT molecular complexity index is 2370. The van der Waals surface area contributed by atoms with Gasteiger partial charge < -0.3 is 42.5 Å². The molecular weight excluding hydrogens is 945 g/mol. The van der Waals surface area contributed by atoms with Gasteiger partial charge in [0.15, 0.2) is 0 Å². The van der Waals surface area contributed by atoms with Gasteiger partial charge in [0, 0.05) is 50.3 Å². The van der Waals surface area contributed by atoms with Crippen molar-refractivity contribution in [3.05, 3.63) is 214 Å². The van der Waals surface area contributed by atoms with Crippen molar-refractivity contribution in [2.45, 2.75) is 152 Å². The molecule has 4 amide bonds. The van der Waals surface area contributed by atoms with Gasteiger partial charge in [-0.2, -0.15) is 0 Å². The van der Waals surface area contributed by atoms with Crippen molar-refractivity contribution < 1.29 is 19.2 Å². The van der Waals surface area contributed by atoms with Crippen LogP contribution in [0, 0.1) is 0 Å². The van der Waals surface area contributed by atoms with E-state index in [1.165, 1.54) is 0 Å². The topological polar surface area (TPSA) is 165 Å². The molecule has 76 heavy (non-hydrogen) atoms. The molecule has 4 aliphatic heterocycles. The zero-order valence-corrected chi connectivity index (χ0v) is 43.7. The number of rotatable bonds is 8. The highest BCUT2D eigenvalue weighted by Crippen LogP contribution is 2.22. The normalized spacial score (nSPS) is 24.7. The van der Waals surface area contributed by atoms with Crippen LogP contribution in [0.1, 0.15) is 95.9 Å². The first-order valence-electron chi connectivity index (χ1n) is 27.7. The first-order chi connectivity index (χ1) is 37.3. The van der Waals surface area contributed by atoms with Crippen LogP contribution in [0.25, 0.3) is 0 Å². The largest absolute Gasteiger partial charge is 0.350 e. The third-order valence-corrected chi connectivity index (χ3v) is 15.5. The second-order valence-corrected chi connectivity index (χ2v) is 21.2. The maximum absolute atomic E-state index is 14.5. The Morgan fingerprint density at radius 3 is 0.671 bits per heavy atom. The molecule has 2 saturated carbocycles. The predicted molar refractivity (Wildman–Crippen MR) is 301 cm³/mol. The molecule has 8 unspecified atom stereocenters. The molecule has 0 aromatic heterocycles. The summed E-state index contributed by atoms with van der Waals surface area (Å²) in [5.41, 5.74) is 8.34. The van der Waals surface area contributed by atoms with E-state index in [0.29, 0.717) is 51.9 Å². The minimum absolute atomic E-state index is 0.0872. The molecule has 6 aromatic carbocycles. The van der Waals surface area contributed by atoms with Gasteiger partial charge in [-0.25, -0.2) is 0 Å². The van der Waals surface area contributed by atoms with E-state index in [1.807, 2.05) is 72.8 Å². The Kier molecular flexibility index (Phi) is 19.6. The van der Waals surface area contributed by atoms with Crippen LogP contribution in [-0.2, 0) is 71.0 Å². The fourth-order valence-corrected chi connectivity index (χ4v) is 11.0. The van der Waals surface area contributed by atoms with Crippen LogP contribution in [0.2, 0.25) is 0 Å². The molecule has 12 rings (SSSR count). The summed E-state index contributed by atoms with van der Waals surface area (Å²) < 4.78 is 0. The quantitative estimate of drug-likeness (QED) is 0.0789. The number of carbonyl (C=O) groups is 4. The van der Waals surface area contributed by atoms with Crippen molar-refractivity contribution in [1.29, 1.82) is 0 Å². The molecule has 12 heteroatoms. The van der Waals surface area contributed by atoms with Gasteiger partial charge in [-0.3, -0.25) is 19.2 Å². The van der Waals surface area contributed by atoms with E-state index < -0.39 is 24.2 Å². The van der Waals surface area contributed by atoms with Crippen LogP contribution in [0.4, 0.5) is 0 Å². The third kappa shape index (κ3) is 16.0. The van der Waals surface area contributed by atoms with Gasteiger partial charge in [0.1, 0.15) is 0 Å². The standard InChI is InChI=1S/C64H76N8O4/c73-61-57(37-45-17-5-1-6-18-45)65-41-49-29-31-50(32-30-49)42-66-59(39-47-21-9-3-10-22-47)63(75)71-55-27-15-16-28-56(55)72-64(76)60(40-48-23-11-4-12-24-48)68-44-52-35-33-51(34-36-52)43-67-58(38-46-19-7-2-8-20-46)62(74)70-54-26-14-13-25-53(54)69-61/h1-12,17-24,29-36,53-60,65-68H,13-16,25-28,37-44H2,(H,69,73)(H,70,74)(H,71,75)(H,72,76). The number of amides is 4. The fraction of sp³-hybridized carbons (Fsp3) is 0.375. The smallest absolute Gasteiger partial charge is 0.237 e. The summed E-state index contributed by atoms with van der Waals surface area (Å²) in [4.78, 5) is 57.9. The van der Waals surface area contributed by atoms with Crippen molar-refractivity contribution in [3.8, 4) is 0 Å². The molecule has 0 spiro atoms. The van der Waals surface area contributed by atoms with Gasteiger partial charge in [0.2, 0.25) is 23.6 Å². The first-order valence-corrected chi connectivity index (χ1v) is 27.7. The molecule has 4 heterocycles. The molecule has 8 atom stereocenters. The van der Waals surface area contributed by atoms with Gasteiger partial charge in [-0.1, -0.05) is 196 Å². The summed E-state index contributed by atoms with van der Waals surface area (Å²) in [5, 5.41) is 28.0. The van der Waals surface area contributed by atoms with Gasteiger partial charge in [-0.05, 0) is 95.9 Å². The van der Waals surface area contributed by atoms with Crippen molar-refractivity contribution >= 4 is 23.6 Å². The average molecular weight is 1020 g/mol. The molecular formula is C64H76N8O4. The molecule has 6 aliphatic rings. The summed E-state index contributed by atoms with van der Waals surface area (Å²) in [6, 6.07) is 54.0. The molecule has 8 N–H and O–H groups in total. The van der Waals surface area contributed by atoms with E-state index in [1.54, 1.807) is 0 Å². The second-order valence-electron chi connectivity index (χ2n) is 21.2. The molecule has 0 saturated heterocycles. The number of hydrogen-bond donors (Lipinski definition) is 8. The summed E-state index contributed by atoms with van der Waals surface area (Å²) >= 11 is 0. The summed E-state index contributed by atoms with van der Waals surface area (Å²) in [6.45, 7) is 1.89. The molecule has 2 fully saturated rings. The molecule has 4 bridgehead atoms. The number of benzene rings is 6. The lowest BCUT2D eigenvalue weighted by Gasteiger charge is -2.35. The third-order valence-electron chi connectivity index (χ3n) is 15.5. The van der Waals surface area contributed by atoms with E-state index in [0.717, 1.165) is 95.9 Å². The van der Waals surface area contributed by atoms with Crippen LogP contribution in [0.15, 0.2) is 170 Å². The fourth-order valence-electron chi connectivity index (χ4n) is 11.0. The van der Waals surface area contributed by atoms with Crippen molar-refractivity contribution in [2.24, 2.45) is 0 Å².